The van der Waals surface area contributed by atoms with E-state index in [4.69, 9.17) is 0 Å². The average Bonchev–Trinajstić information content (AvgIpc) is 2.90. The highest BCUT2D eigenvalue weighted by molar-refractivity contribution is 5.67. The molecule has 1 rings (SSSR count). The fourth-order valence-corrected chi connectivity index (χ4v) is 4.52. The summed E-state index contributed by atoms with van der Waals surface area (Å²) in [5.41, 5.74) is 9.72. The fraction of sp³-hybridized carbons (Fsp3) is 0.375. The van der Waals surface area contributed by atoms with E-state index >= 15 is 0 Å². The third kappa shape index (κ3) is 15.8. The molecule has 0 spiro atoms. The van der Waals surface area contributed by atoms with Crippen molar-refractivity contribution in [2.45, 2.75) is 94.4 Å². The Morgan fingerprint density at radius 3 is 1.71 bits per heavy atom. The molecule has 0 fully saturated rings. The van der Waals surface area contributed by atoms with Gasteiger partial charge in [0.2, 0.25) is 0 Å². The van der Waals surface area contributed by atoms with E-state index in [-0.39, 0.29) is 5.41 Å². The average molecular weight is 551 g/mol. The minimum absolute atomic E-state index is 0.349. The van der Waals surface area contributed by atoms with Crippen molar-refractivity contribution >= 4 is 6.29 Å². The Hall–Kier alpha value is -3.45. The predicted molar refractivity (Wildman–Crippen MR) is 184 cm³/mol. The second-order valence-electron chi connectivity index (χ2n) is 11.9. The Morgan fingerprint density at radius 2 is 1.20 bits per heavy atom. The van der Waals surface area contributed by atoms with Crippen molar-refractivity contribution in [1.29, 1.82) is 0 Å². The number of rotatable bonds is 14. The number of carbonyl (C=O) groups excluding carboxylic acids is 1. The molecule has 1 aliphatic rings. The van der Waals surface area contributed by atoms with Crippen LogP contribution in [0.1, 0.15) is 94.4 Å². The van der Waals surface area contributed by atoms with E-state index in [1.807, 2.05) is 0 Å². The molecule has 1 atom stereocenters. The van der Waals surface area contributed by atoms with Gasteiger partial charge in [0.15, 0.2) is 0 Å². The Balaban J connectivity index is 2.61. The van der Waals surface area contributed by atoms with Crippen LogP contribution in [0.15, 0.2) is 142 Å². The second-order valence-corrected chi connectivity index (χ2v) is 11.9. The van der Waals surface area contributed by atoms with Crippen LogP contribution in [-0.4, -0.2) is 6.29 Å². The van der Waals surface area contributed by atoms with Gasteiger partial charge in [0, 0.05) is 5.41 Å². The molecule has 0 saturated carbocycles. The van der Waals surface area contributed by atoms with Gasteiger partial charge in [-0.3, -0.25) is 0 Å². The SMILES string of the molecule is CC(C)=CCC/C(C)=C/C=C/C(C)=C/C=C/C(C)=C/C=C/C=C(C)/C=C/C=C(C)/C=C/C1=C(C)CCC[C@]1(C)C=O. The quantitative estimate of drug-likeness (QED) is 0.119. The molecule has 41 heavy (non-hydrogen) atoms. The first-order valence-electron chi connectivity index (χ1n) is 15.0. The summed E-state index contributed by atoms with van der Waals surface area (Å²) in [5.74, 6) is 0. The predicted octanol–water partition coefficient (Wildman–Crippen LogP) is 12.0. The molecule has 0 aromatic heterocycles. The van der Waals surface area contributed by atoms with E-state index in [0.29, 0.717) is 0 Å². The van der Waals surface area contributed by atoms with Crippen LogP contribution in [0.5, 0.6) is 0 Å². The van der Waals surface area contributed by atoms with Crippen molar-refractivity contribution < 1.29 is 4.79 Å². The van der Waals surface area contributed by atoms with Crippen LogP contribution in [0.3, 0.4) is 0 Å². The first-order valence-corrected chi connectivity index (χ1v) is 15.0. The largest absolute Gasteiger partial charge is 0.302 e. The summed E-state index contributed by atoms with van der Waals surface area (Å²) in [4.78, 5) is 11.7. The van der Waals surface area contributed by atoms with E-state index < -0.39 is 0 Å². The maximum absolute atomic E-state index is 11.7. The molecular weight excluding hydrogens is 496 g/mol. The lowest BCUT2D eigenvalue weighted by Gasteiger charge is -2.31. The first kappa shape index (κ1) is 35.6. The van der Waals surface area contributed by atoms with Crippen molar-refractivity contribution in [1.82, 2.24) is 0 Å². The number of hydrogen-bond donors (Lipinski definition) is 0. The van der Waals surface area contributed by atoms with E-state index in [1.54, 1.807) is 0 Å². The maximum Gasteiger partial charge on any atom is 0.130 e. The van der Waals surface area contributed by atoms with Gasteiger partial charge in [-0.25, -0.2) is 0 Å². The summed E-state index contributed by atoms with van der Waals surface area (Å²) >= 11 is 0. The van der Waals surface area contributed by atoms with Crippen LogP contribution < -0.4 is 0 Å². The van der Waals surface area contributed by atoms with Crippen LogP contribution in [0, 0.1) is 5.41 Å². The van der Waals surface area contributed by atoms with Crippen molar-refractivity contribution in [3.63, 3.8) is 0 Å². The molecule has 1 heteroatoms. The van der Waals surface area contributed by atoms with Crippen LogP contribution in [0.2, 0.25) is 0 Å². The molecule has 0 radical (unpaired) electrons. The van der Waals surface area contributed by atoms with Gasteiger partial charge in [-0.2, -0.15) is 0 Å². The zero-order valence-electron chi connectivity index (χ0n) is 27.3. The molecule has 1 aliphatic carbocycles. The summed E-state index contributed by atoms with van der Waals surface area (Å²) in [6.45, 7) is 19.1. The molecule has 220 valence electrons. The van der Waals surface area contributed by atoms with Crippen molar-refractivity contribution in [2.24, 2.45) is 5.41 Å². The van der Waals surface area contributed by atoms with E-state index in [1.165, 1.54) is 39.0 Å². The summed E-state index contributed by atoms with van der Waals surface area (Å²) < 4.78 is 0. The van der Waals surface area contributed by atoms with Gasteiger partial charge in [0.05, 0.1) is 0 Å². The topological polar surface area (TPSA) is 17.1 Å². The fourth-order valence-electron chi connectivity index (χ4n) is 4.52. The minimum atomic E-state index is -0.349. The summed E-state index contributed by atoms with van der Waals surface area (Å²) in [5, 5.41) is 0. The first-order chi connectivity index (χ1) is 19.5. The van der Waals surface area contributed by atoms with Gasteiger partial charge in [0.1, 0.15) is 6.29 Å². The highest BCUT2D eigenvalue weighted by Crippen LogP contribution is 2.39. The van der Waals surface area contributed by atoms with Gasteiger partial charge < -0.3 is 4.79 Å². The molecule has 0 unspecified atom stereocenters. The van der Waals surface area contributed by atoms with E-state index in [2.05, 4.69) is 160 Å². The number of aldehydes is 1. The standard InChI is InChI=1S/C40H54O/c1-32(2)17-12-20-35(5)23-14-25-36(6)24-13-21-33(3)18-10-11-19-34(4)22-15-26-37(7)28-29-39-38(8)27-16-30-40(39,9)31-41/h10-11,13-15,17-19,21-26,28-29,31H,12,16,20,27,30H2,1-9H3/b11-10+,21-13+,22-15+,25-14+,29-28+,33-18+,34-19+,35-23+,36-24+,37-26+/t40-/m1/s1. The lowest BCUT2D eigenvalue weighted by Crippen LogP contribution is -2.24. The van der Waals surface area contributed by atoms with Gasteiger partial charge in [0.25, 0.3) is 0 Å². The molecule has 0 aromatic carbocycles. The molecule has 1 nitrogen and oxygen atoms in total. The molecule has 0 N–H and O–H groups in total. The number of carbonyl (C=O) groups is 1. The summed E-state index contributed by atoms with van der Waals surface area (Å²) in [6, 6.07) is 0. The third-order valence-electron chi connectivity index (χ3n) is 7.19. The molecule has 0 amide bonds. The Labute approximate surface area is 252 Å². The smallest absolute Gasteiger partial charge is 0.130 e. The van der Waals surface area contributed by atoms with Crippen LogP contribution >= 0.6 is 0 Å². The molecule has 0 aliphatic heterocycles. The van der Waals surface area contributed by atoms with Gasteiger partial charge in [-0.15, -0.1) is 0 Å². The van der Waals surface area contributed by atoms with Crippen molar-refractivity contribution in [3.05, 3.63) is 142 Å². The molecule has 0 heterocycles. The van der Waals surface area contributed by atoms with Crippen LogP contribution in [0.4, 0.5) is 0 Å². The zero-order valence-corrected chi connectivity index (χ0v) is 27.3. The molecule has 0 bridgehead atoms. The Bertz CT molecular complexity index is 1230. The van der Waals surface area contributed by atoms with Crippen LogP contribution in [0.25, 0.3) is 0 Å². The maximum atomic E-state index is 11.7. The normalized spacial score (nSPS) is 20.6. The summed E-state index contributed by atoms with van der Waals surface area (Å²) in [6.07, 6.45) is 40.5. The highest BCUT2D eigenvalue weighted by Gasteiger charge is 2.31. The van der Waals surface area contributed by atoms with Gasteiger partial charge >= 0.3 is 0 Å². The van der Waals surface area contributed by atoms with E-state index in [9.17, 15) is 4.79 Å². The summed E-state index contributed by atoms with van der Waals surface area (Å²) in [7, 11) is 0. The van der Waals surface area contributed by atoms with Crippen LogP contribution in [-0.2, 0) is 4.79 Å². The second kappa shape index (κ2) is 19.6. The van der Waals surface area contributed by atoms with Gasteiger partial charge in [-0.1, -0.05) is 136 Å². The van der Waals surface area contributed by atoms with Gasteiger partial charge in [-0.05, 0) is 100.0 Å². The van der Waals surface area contributed by atoms with Crippen molar-refractivity contribution in [3.8, 4) is 0 Å². The zero-order chi connectivity index (χ0) is 30.7. The Morgan fingerprint density at radius 1 is 0.707 bits per heavy atom. The monoisotopic (exact) mass is 550 g/mol. The lowest BCUT2D eigenvalue weighted by molar-refractivity contribution is -0.114. The van der Waals surface area contributed by atoms with E-state index in [0.717, 1.165) is 44.0 Å². The molecule has 0 saturated heterocycles. The molecular formula is C40H54O. The molecule has 0 aromatic rings. The minimum Gasteiger partial charge on any atom is -0.302 e. The number of hydrogen-bond acceptors (Lipinski definition) is 1. The Kier molecular flexibility index (Phi) is 17.0. The number of allylic oxidation sites excluding steroid dienone is 24. The highest BCUT2D eigenvalue weighted by atomic mass is 16.1. The third-order valence-corrected chi connectivity index (χ3v) is 7.19. The lowest BCUT2D eigenvalue weighted by atomic mass is 9.72. The van der Waals surface area contributed by atoms with Crippen molar-refractivity contribution in [2.75, 3.05) is 0 Å².